The van der Waals surface area contributed by atoms with Gasteiger partial charge in [0, 0.05) is 12.0 Å². The molecule has 0 saturated carbocycles. The number of nitrogens with two attached hydrogens (primary N) is 1. The maximum absolute atomic E-state index is 11.4. The first-order valence-corrected chi connectivity index (χ1v) is 5.97. The maximum Gasteiger partial charge on any atom is 0.306 e. The number of carbonyl (C=O) groups excluding carboxylic acids is 1. The van der Waals surface area contributed by atoms with Gasteiger partial charge in [-0.15, -0.1) is 0 Å². The van der Waals surface area contributed by atoms with Gasteiger partial charge in [0.25, 0.3) is 0 Å². The molecule has 0 aromatic heterocycles. The van der Waals surface area contributed by atoms with Crippen molar-refractivity contribution in [2.24, 2.45) is 5.73 Å². The normalized spacial score (nSPS) is 14.1. The minimum absolute atomic E-state index is 0.0177. The molecular weight excluding hydrogens is 214 g/mol. The van der Waals surface area contributed by atoms with Gasteiger partial charge in [0.1, 0.15) is 0 Å². The molecule has 0 fully saturated rings. The van der Waals surface area contributed by atoms with Crippen molar-refractivity contribution in [2.75, 3.05) is 7.11 Å². The van der Waals surface area contributed by atoms with Crippen LogP contribution in [-0.2, 0) is 9.53 Å². The minimum Gasteiger partial charge on any atom is -0.469 e. The number of hydrogen-bond donors (Lipinski definition) is 1. The highest BCUT2D eigenvalue weighted by Gasteiger charge is 2.22. The lowest BCUT2D eigenvalue weighted by molar-refractivity contribution is -0.141. The molecule has 94 valence electrons. The Kier molecular flexibility index (Phi) is 5.16. The molecule has 1 rings (SSSR count). The first-order chi connectivity index (χ1) is 8.08. The molecule has 1 aromatic carbocycles. The Morgan fingerprint density at radius 1 is 1.47 bits per heavy atom. The fourth-order valence-electron chi connectivity index (χ4n) is 1.96. The predicted molar refractivity (Wildman–Crippen MR) is 68.8 cm³/mol. The maximum atomic E-state index is 11.4. The molecular formula is C14H21NO2. The Hall–Kier alpha value is -1.35. The van der Waals surface area contributed by atoms with E-state index in [1.807, 2.05) is 32.0 Å². The zero-order valence-corrected chi connectivity index (χ0v) is 10.8. The van der Waals surface area contributed by atoms with Crippen LogP contribution >= 0.6 is 0 Å². The van der Waals surface area contributed by atoms with Gasteiger partial charge in [-0.25, -0.2) is 0 Å². The average molecular weight is 235 g/mol. The van der Waals surface area contributed by atoms with Gasteiger partial charge in [-0.05, 0) is 18.9 Å². The summed E-state index contributed by atoms with van der Waals surface area (Å²) in [5.41, 5.74) is 8.39. The van der Waals surface area contributed by atoms with Crippen LogP contribution in [0.1, 0.15) is 36.8 Å². The summed E-state index contributed by atoms with van der Waals surface area (Å²) in [6.45, 7) is 4.07. The summed E-state index contributed by atoms with van der Waals surface area (Å²) >= 11 is 0. The van der Waals surface area contributed by atoms with Crippen LogP contribution in [0.5, 0.6) is 0 Å². The van der Waals surface area contributed by atoms with Gasteiger partial charge in [0.2, 0.25) is 0 Å². The van der Waals surface area contributed by atoms with Crippen molar-refractivity contribution in [3.63, 3.8) is 0 Å². The fourth-order valence-corrected chi connectivity index (χ4v) is 1.96. The SMILES string of the molecule is CCC(N)C(CC(=O)OC)c1cccc(C)c1. The third-order valence-electron chi connectivity index (χ3n) is 3.07. The molecule has 0 spiro atoms. The Morgan fingerprint density at radius 2 is 2.18 bits per heavy atom. The second kappa shape index (κ2) is 6.40. The molecule has 3 heteroatoms. The van der Waals surface area contributed by atoms with Crippen LogP contribution in [-0.4, -0.2) is 19.1 Å². The van der Waals surface area contributed by atoms with Crippen LogP contribution in [0.2, 0.25) is 0 Å². The first kappa shape index (κ1) is 13.7. The van der Waals surface area contributed by atoms with E-state index in [0.717, 1.165) is 12.0 Å². The predicted octanol–water partition coefficient (Wildman–Crippen LogP) is 2.38. The Morgan fingerprint density at radius 3 is 2.71 bits per heavy atom. The van der Waals surface area contributed by atoms with Gasteiger partial charge < -0.3 is 10.5 Å². The zero-order chi connectivity index (χ0) is 12.8. The van der Waals surface area contributed by atoms with E-state index in [0.29, 0.717) is 6.42 Å². The smallest absolute Gasteiger partial charge is 0.306 e. The van der Waals surface area contributed by atoms with E-state index in [-0.39, 0.29) is 17.9 Å². The Bertz CT molecular complexity index is 376. The summed E-state index contributed by atoms with van der Waals surface area (Å²) in [7, 11) is 1.41. The van der Waals surface area contributed by atoms with E-state index in [2.05, 4.69) is 6.07 Å². The highest BCUT2D eigenvalue weighted by molar-refractivity contribution is 5.70. The fraction of sp³-hybridized carbons (Fsp3) is 0.500. The second-order valence-electron chi connectivity index (χ2n) is 4.37. The number of rotatable bonds is 5. The average Bonchev–Trinajstić information content (AvgIpc) is 2.34. The Labute approximate surface area is 103 Å². The van der Waals surface area contributed by atoms with E-state index in [1.165, 1.54) is 12.7 Å². The molecule has 2 N–H and O–H groups in total. The lowest BCUT2D eigenvalue weighted by Gasteiger charge is -2.22. The summed E-state index contributed by atoms with van der Waals surface area (Å²) in [4.78, 5) is 11.4. The third kappa shape index (κ3) is 3.86. The zero-order valence-electron chi connectivity index (χ0n) is 10.8. The van der Waals surface area contributed by atoms with E-state index in [9.17, 15) is 4.79 Å². The molecule has 1 aromatic rings. The van der Waals surface area contributed by atoms with Gasteiger partial charge >= 0.3 is 5.97 Å². The highest BCUT2D eigenvalue weighted by Crippen LogP contribution is 2.25. The second-order valence-corrected chi connectivity index (χ2v) is 4.37. The molecule has 0 aliphatic rings. The summed E-state index contributed by atoms with van der Waals surface area (Å²) in [5, 5.41) is 0. The van der Waals surface area contributed by atoms with Gasteiger partial charge in [-0.2, -0.15) is 0 Å². The molecule has 0 amide bonds. The number of benzene rings is 1. The van der Waals surface area contributed by atoms with E-state index < -0.39 is 0 Å². The van der Waals surface area contributed by atoms with Crippen molar-refractivity contribution in [2.45, 2.75) is 38.6 Å². The van der Waals surface area contributed by atoms with Crippen LogP contribution in [0.25, 0.3) is 0 Å². The molecule has 0 aliphatic heterocycles. The molecule has 3 nitrogen and oxygen atoms in total. The van der Waals surface area contributed by atoms with Crippen molar-refractivity contribution >= 4 is 5.97 Å². The molecule has 0 bridgehead atoms. The van der Waals surface area contributed by atoms with E-state index in [1.54, 1.807) is 0 Å². The largest absolute Gasteiger partial charge is 0.469 e. The van der Waals surface area contributed by atoms with Crippen LogP contribution in [0.15, 0.2) is 24.3 Å². The van der Waals surface area contributed by atoms with Gasteiger partial charge in [-0.1, -0.05) is 36.8 Å². The van der Waals surface area contributed by atoms with Crippen LogP contribution in [0, 0.1) is 6.92 Å². The minimum atomic E-state index is -0.208. The Balaban J connectivity index is 2.93. The van der Waals surface area contributed by atoms with E-state index in [4.69, 9.17) is 10.5 Å². The first-order valence-electron chi connectivity index (χ1n) is 5.97. The number of esters is 1. The molecule has 2 atom stereocenters. The molecule has 2 unspecified atom stereocenters. The monoisotopic (exact) mass is 235 g/mol. The van der Waals surface area contributed by atoms with E-state index >= 15 is 0 Å². The molecule has 0 saturated heterocycles. The quantitative estimate of drug-likeness (QED) is 0.797. The van der Waals surface area contributed by atoms with Crippen molar-refractivity contribution < 1.29 is 9.53 Å². The number of carbonyl (C=O) groups is 1. The summed E-state index contributed by atoms with van der Waals surface area (Å²) in [6, 6.07) is 8.13. The summed E-state index contributed by atoms with van der Waals surface area (Å²) in [5.74, 6) is -0.173. The van der Waals surface area contributed by atoms with Crippen molar-refractivity contribution in [1.29, 1.82) is 0 Å². The van der Waals surface area contributed by atoms with Gasteiger partial charge in [0.15, 0.2) is 0 Å². The number of methoxy groups -OCH3 is 1. The number of aryl methyl sites for hydroxylation is 1. The van der Waals surface area contributed by atoms with Crippen LogP contribution < -0.4 is 5.73 Å². The number of ether oxygens (including phenoxy) is 1. The van der Waals surface area contributed by atoms with Crippen molar-refractivity contribution in [3.05, 3.63) is 35.4 Å². The summed E-state index contributed by atoms with van der Waals surface area (Å²) < 4.78 is 4.73. The van der Waals surface area contributed by atoms with Gasteiger partial charge in [0.05, 0.1) is 13.5 Å². The lowest BCUT2D eigenvalue weighted by Crippen LogP contribution is -2.29. The van der Waals surface area contributed by atoms with Gasteiger partial charge in [-0.3, -0.25) is 4.79 Å². The van der Waals surface area contributed by atoms with Crippen molar-refractivity contribution in [3.8, 4) is 0 Å². The molecule has 0 heterocycles. The molecule has 0 aliphatic carbocycles. The standard InChI is InChI=1S/C14H21NO2/c1-4-13(15)12(9-14(16)17-3)11-7-5-6-10(2)8-11/h5-8,12-13H,4,9,15H2,1-3H3. The third-order valence-corrected chi connectivity index (χ3v) is 3.07. The molecule has 17 heavy (non-hydrogen) atoms. The topological polar surface area (TPSA) is 52.3 Å². The summed E-state index contributed by atoms with van der Waals surface area (Å²) in [6.07, 6.45) is 1.19. The number of hydrogen-bond acceptors (Lipinski definition) is 3. The van der Waals surface area contributed by atoms with Crippen LogP contribution in [0.3, 0.4) is 0 Å². The van der Waals surface area contributed by atoms with Crippen LogP contribution in [0.4, 0.5) is 0 Å². The lowest BCUT2D eigenvalue weighted by atomic mass is 9.87. The highest BCUT2D eigenvalue weighted by atomic mass is 16.5. The molecule has 0 radical (unpaired) electrons. The van der Waals surface area contributed by atoms with Crippen molar-refractivity contribution in [1.82, 2.24) is 0 Å².